The van der Waals surface area contributed by atoms with Crippen molar-refractivity contribution in [3.05, 3.63) is 23.5 Å². The van der Waals surface area contributed by atoms with Gasteiger partial charge in [-0.3, -0.25) is 5.10 Å². The average molecular weight is 202 g/mol. The SMILES string of the molecule is CCCCCC#C/C=C/c1cc(C)[nH]n1. The van der Waals surface area contributed by atoms with Gasteiger partial charge < -0.3 is 0 Å². The van der Waals surface area contributed by atoms with Crippen LogP contribution < -0.4 is 0 Å². The third kappa shape index (κ3) is 5.07. The van der Waals surface area contributed by atoms with Crippen LogP contribution in [0.4, 0.5) is 0 Å². The lowest BCUT2D eigenvalue weighted by molar-refractivity contribution is 0.737. The van der Waals surface area contributed by atoms with Crippen molar-refractivity contribution in [2.24, 2.45) is 0 Å². The van der Waals surface area contributed by atoms with Crippen molar-refractivity contribution in [1.29, 1.82) is 0 Å². The fourth-order valence-corrected chi connectivity index (χ4v) is 1.25. The molecule has 80 valence electrons. The second-order valence-electron chi connectivity index (χ2n) is 3.59. The summed E-state index contributed by atoms with van der Waals surface area (Å²) in [5.41, 5.74) is 2.01. The molecule has 1 aromatic rings. The summed E-state index contributed by atoms with van der Waals surface area (Å²) in [6.07, 6.45) is 8.52. The Morgan fingerprint density at radius 3 is 3.00 bits per heavy atom. The second kappa shape index (κ2) is 6.89. The van der Waals surface area contributed by atoms with E-state index in [-0.39, 0.29) is 0 Å². The number of aryl methyl sites for hydroxylation is 1. The molecular formula is C13H18N2. The molecule has 2 heteroatoms. The molecule has 0 amide bonds. The minimum Gasteiger partial charge on any atom is -0.282 e. The first-order valence-corrected chi connectivity index (χ1v) is 5.50. The van der Waals surface area contributed by atoms with E-state index in [2.05, 4.69) is 29.0 Å². The number of aromatic amines is 1. The van der Waals surface area contributed by atoms with Crippen molar-refractivity contribution in [2.45, 2.75) is 39.5 Å². The van der Waals surface area contributed by atoms with Crippen LogP contribution in [0.15, 0.2) is 12.1 Å². The lowest BCUT2D eigenvalue weighted by Gasteiger charge is -1.87. The van der Waals surface area contributed by atoms with Crippen molar-refractivity contribution in [1.82, 2.24) is 10.2 Å². The molecule has 0 aliphatic heterocycles. The van der Waals surface area contributed by atoms with Gasteiger partial charge in [0.1, 0.15) is 0 Å². The van der Waals surface area contributed by atoms with Gasteiger partial charge in [-0.2, -0.15) is 5.10 Å². The second-order valence-corrected chi connectivity index (χ2v) is 3.59. The highest BCUT2D eigenvalue weighted by molar-refractivity contribution is 5.48. The lowest BCUT2D eigenvalue weighted by atomic mass is 10.2. The Morgan fingerprint density at radius 2 is 2.33 bits per heavy atom. The maximum atomic E-state index is 4.08. The van der Waals surface area contributed by atoms with Gasteiger partial charge in [0.15, 0.2) is 0 Å². The van der Waals surface area contributed by atoms with Crippen molar-refractivity contribution >= 4 is 6.08 Å². The van der Waals surface area contributed by atoms with Gasteiger partial charge in [-0.25, -0.2) is 0 Å². The molecule has 0 aromatic carbocycles. The normalized spacial score (nSPS) is 10.3. The number of rotatable bonds is 4. The minimum atomic E-state index is 0.940. The van der Waals surface area contributed by atoms with Gasteiger partial charge in [-0.1, -0.05) is 31.6 Å². The summed E-state index contributed by atoms with van der Waals surface area (Å²) in [6.45, 7) is 4.19. The Hall–Kier alpha value is -1.49. The zero-order chi connectivity index (χ0) is 10.9. The van der Waals surface area contributed by atoms with E-state index in [1.807, 2.05) is 25.1 Å². The number of hydrogen-bond donors (Lipinski definition) is 1. The maximum Gasteiger partial charge on any atom is 0.0857 e. The van der Waals surface area contributed by atoms with Gasteiger partial charge in [0.25, 0.3) is 0 Å². The van der Waals surface area contributed by atoms with Gasteiger partial charge in [-0.05, 0) is 31.6 Å². The van der Waals surface area contributed by atoms with E-state index < -0.39 is 0 Å². The Kier molecular flexibility index (Phi) is 5.32. The third-order valence-electron chi connectivity index (χ3n) is 2.07. The molecule has 2 nitrogen and oxygen atoms in total. The minimum absolute atomic E-state index is 0.940. The molecule has 0 radical (unpaired) electrons. The van der Waals surface area contributed by atoms with Crippen molar-refractivity contribution < 1.29 is 0 Å². The molecule has 0 saturated heterocycles. The van der Waals surface area contributed by atoms with Crippen molar-refractivity contribution in [3.63, 3.8) is 0 Å². The predicted octanol–water partition coefficient (Wildman–Crippen LogP) is 3.32. The monoisotopic (exact) mass is 202 g/mol. The lowest BCUT2D eigenvalue weighted by Crippen LogP contribution is -1.71. The summed E-state index contributed by atoms with van der Waals surface area (Å²) in [5.74, 6) is 6.14. The van der Waals surface area contributed by atoms with Crippen LogP contribution in [0.5, 0.6) is 0 Å². The molecule has 1 N–H and O–H groups in total. The van der Waals surface area contributed by atoms with Gasteiger partial charge in [-0.15, -0.1) is 0 Å². The first kappa shape index (κ1) is 11.6. The fraction of sp³-hybridized carbons (Fsp3) is 0.462. The van der Waals surface area contributed by atoms with Crippen molar-refractivity contribution in [3.8, 4) is 11.8 Å². The Bertz CT molecular complexity index is 363. The number of hydrogen-bond acceptors (Lipinski definition) is 1. The number of nitrogens with zero attached hydrogens (tertiary/aromatic N) is 1. The highest BCUT2D eigenvalue weighted by Crippen LogP contribution is 1.99. The smallest absolute Gasteiger partial charge is 0.0857 e. The standard InChI is InChI=1S/C13H18N2/c1-3-4-5-6-7-8-9-10-13-11-12(2)14-15-13/h9-11H,3-6H2,1-2H3,(H,14,15)/b10-9+. The number of H-pyrrole nitrogens is 1. The highest BCUT2D eigenvalue weighted by atomic mass is 15.1. The van der Waals surface area contributed by atoms with Gasteiger partial charge in [0, 0.05) is 12.1 Å². The molecule has 0 aliphatic carbocycles. The number of unbranched alkanes of at least 4 members (excludes halogenated alkanes) is 3. The van der Waals surface area contributed by atoms with Gasteiger partial charge in [0.2, 0.25) is 0 Å². The predicted molar refractivity (Wildman–Crippen MR) is 64.3 cm³/mol. The molecule has 1 rings (SSSR count). The number of nitrogens with one attached hydrogen (secondary N) is 1. The zero-order valence-electron chi connectivity index (χ0n) is 9.51. The van der Waals surface area contributed by atoms with Crippen LogP contribution in [0.2, 0.25) is 0 Å². The summed E-state index contributed by atoms with van der Waals surface area (Å²) < 4.78 is 0. The Balaban J connectivity index is 2.26. The van der Waals surface area contributed by atoms with Crippen LogP contribution in [-0.4, -0.2) is 10.2 Å². The zero-order valence-corrected chi connectivity index (χ0v) is 9.51. The van der Waals surface area contributed by atoms with Crippen LogP contribution in [0.1, 0.15) is 44.0 Å². The Labute approximate surface area is 91.8 Å². The van der Waals surface area contributed by atoms with E-state index in [0.717, 1.165) is 17.8 Å². The summed E-state index contributed by atoms with van der Waals surface area (Å²) in [4.78, 5) is 0. The first-order valence-electron chi connectivity index (χ1n) is 5.50. The molecular weight excluding hydrogens is 184 g/mol. The van der Waals surface area contributed by atoms with E-state index in [0.29, 0.717) is 0 Å². The molecule has 0 unspecified atom stereocenters. The van der Waals surface area contributed by atoms with E-state index in [1.54, 1.807) is 0 Å². The van der Waals surface area contributed by atoms with Crippen LogP contribution in [0.3, 0.4) is 0 Å². The Morgan fingerprint density at radius 1 is 1.47 bits per heavy atom. The molecule has 0 fully saturated rings. The van der Waals surface area contributed by atoms with Crippen LogP contribution in [-0.2, 0) is 0 Å². The average Bonchev–Trinajstić information content (AvgIpc) is 2.63. The van der Waals surface area contributed by atoms with E-state index >= 15 is 0 Å². The molecule has 1 heterocycles. The topological polar surface area (TPSA) is 28.7 Å². The molecule has 15 heavy (non-hydrogen) atoms. The van der Waals surface area contributed by atoms with Crippen molar-refractivity contribution in [2.75, 3.05) is 0 Å². The van der Waals surface area contributed by atoms with E-state index in [1.165, 1.54) is 19.3 Å². The molecule has 0 atom stereocenters. The quantitative estimate of drug-likeness (QED) is 0.589. The molecule has 0 saturated carbocycles. The number of aromatic nitrogens is 2. The molecule has 0 spiro atoms. The van der Waals surface area contributed by atoms with E-state index in [4.69, 9.17) is 0 Å². The van der Waals surface area contributed by atoms with Crippen LogP contribution >= 0.6 is 0 Å². The first-order chi connectivity index (χ1) is 7.33. The highest BCUT2D eigenvalue weighted by Gasteiger charge is 1.89. The summed E-state index contributed by atoms with van der Waals surface area (Å²) in [7, 11) is 0. The van der Waals surface area contributed by atoms with Crippen LogP contribution in [0, 0.1) is 18.8 Å². The van der Waals surface area contributed by atoms with Gasteiger partial charge in [0.05, 0.1) is 5.69 Å². The summed E-state index contributed by atoms with van der Waals surface area (Å²) in [6, 6.07) is 2.00. The fourth-order valence-electron chi connectivity index (χ4n) is 1.25. The van der Waals surface area contributed by atoms with Gasteiger partial charge >= 0.3 is 0 Å². The molecule has 1 aromatic heterocycles. The third-order valence-corrected chi connectivity index (χ3v) is 2.07. The van der Waals surface area contributed by atoms with E-state index in [9.17, 15) is 0 Å². The number of allylic oxidation sites excluding steroid dienone is 1. The largest absolute Gasteiger partial charge is 0.282 e. The molecule has 0 aliphatic rings. The summed E-state index contributed by atoms with van der Waals surface area (Å²) in [5, 5.41) is 6.97. The molecule has 0 bridgehead atoms. The maximum absolute atomic E-state index is 4.08. The van der Waals surface area contributed by atoms with Crippen LogP contribution in [0.25, 0.3) is 6.08 Å². The summed E-state index contributed by atoms with van der Waals surface area (Å²) >= 11 is 0.